The van der Waals surface area contributed by atoms with Crippen LogP contribution in [0.5, 0.6) is 11.5 Å². The van der Waals surface area contributed by atoms with Crippen LogP contribution in [0, 0.1) is 5.92 Å². The summed E-state index contributed by atoms with van der Waals surface area (Å²) in [6.45, 7) is 7.23. The Hall–Kier alpha value is -1.26. The Morgan fingerprint density at radius 1 is 1.35 bits per heavy atom. The number of likely N-dealkylation sites (tertiary alicyclic amines) is 1. The van der Waals surface area contributed by atoms with Crippen LogP contribution in [0.15, 0.2) is 18.2 Å². The van der Waals surface area contributed by atoms with Gasteiger partial charge in [0.05, 0.1) is 13.2 Å². The van der Waals surface area contributed by atoms with Crippen molar-refractivity contribution in [2.24, 2.45) is 5.92 Å². The van der Waals surface area contributed by atoms with E-state index in [1.807, 2.05) is 26.0 Å². The van der Waals surface area contributed by atoms with Gasteiger partial charge in [-0.2, -0.15) is 0 Å². The Morgan fingerprint density at radius 3 is 2.75 bits per heavy atom. The second-order valence-corrected chi connectivity index (χ2v) is 5.72. The highest BCUT2D eigenvalue weighted by Gasteiger charge is 2.21. The van der Waals surface area contributed by atoms with Crippen molar-refractivity contribution in [1.29, 1.82) is 0 Å². The molecule has 1 heterocycles. The molecule has 1 fully saturated rings. The third-order valence-corrected chi connectivity index (χ3v) is 3.63. The normalized spacial score (nSPS) is 19.6. The summed E-state index contributed by atoms with van der Waals surface area (Å²) in [5, 5.41) is 9.19. The van der Waals surface area contributed by atoms with E-state index in [0.29, 0.717) is 12.5 Å². The molecule has 4 heteroatoms. The number of nitrogens with zero attached hydrogens (tertiary/aromatic N) is 1. The van der Waals surface area contributed by atoms with Crippen LogP contribution in [-0.2, 0) is 6.54 Å². The molecule has 1 aromatic rings. The summed E-state index contributed by atoms with van der Waals surface area (Å²) < 4.78 is 11.1. The molecule has 1 N–H and O–H groups in total. The second kappa shape index (κ2) is 6.95. The lowest BCUT2D eigenvalue weighted by Gasteiger charge is -2.18. The van der Waals surface area contributed by atoms with Gasteiger partial charge in [0, 0.05) is 19.7 Å². The molecule has 0 saturated carbocycles. The van der Waals surface area contributed by atoms with Gasteiger partial charge in [0.25, 0.3) is 0 Å². The predicted octanol–water partition coefficient (Wildman–Crippen LogP) is 2.30. The standard InChI is InChI=1S/C16H25NO3/c1-12(2)20-15-5-4-13(8-16(15)19-3)9-17-7-6-14(10-17)11-18/h4-5,8,12,14,18H,6-7,9-11H2,1-3H3. The van der Waals surface area contributed by atoms with Crippen LogP contribution < -0.4 is 9.47 Å². The number of rotatable bonds is 6. The van der Waals surface area contributed by atoms with E-state index in [9.17, 15) is 5.11 Å². The van der Waals surface area contributed by atoms with Crippen molar-refractivity contribution in [3.05, 3.63) is 23.8 Å². The molecular weight excluding hydrogens is 254 g/mol. The van der Waals surface area contributed by atoms with Crippen LogP contribution in [-0.4, -0.2) is 42.9 Å². The summed E-state index contributed by atoms with van der Waals surface area (Å²) in [5.74, 6) is 2.01. The Bertz CT molecular complexity index is 434. The third-order valence-electron chi connectivity index (χ3n) is 3.63. The molecule has 20 heavy (non-hydrogen) atoms. The van der Waals surface area contributed by atoms with E-state index in [1.165, 1.54) is 5.56 Å². The number of benzene rings is 1. The SMILES string of the molecule is COc1cc(CN2CCC(CO)C2)ccc1OC(C)C. The topological polar surface area (TPSA) is 41.9 Å². The van der Waals surface area contributed by atoms with Gasteiger partial charge in [-0.3, -0.25) is 4.90 Å². The molecule has 112 valence electrons. The molecule has 0 radical (unpaired) electrons. The molecule has 1 atom stereocenters. The van der Waals surface area contributed by atoms with Gasteiger partial charge in [-0.25, -0.2) is 0 Å². The molecule has 0 amide bonds. The monoisotopic (exact) mass is 279 g/mol. The first-order valence-corrected chi connectivity index (χ1v) is 7.29. The Balaban J connectivity index is 2.02. The molecule has 1 aromatic carbocycles. The van der Waals surface area contributed by atoms with Gasteiger partial charge in [-0.1, -0.05) is 6.07 Å². The highest BCUT2D eigenvalue weighted by atomic mass is 16.5. The molecule has 0 aliphatic carbocycles. The van der Waals surface area contributed by atoms with E-state index in [-0.39, 0.29) is 6.10 Å². The highest BCUT2D eigenvalue weighted by molar-refractivity contribution is 5.43. The molecular formula is C16H25NO3. The van der Waals surface area contributed by atoms with Gasteiger partial charge in [0.2, 0.25) is 0 Å². The van der Waals surface area contributed by atoms with Gasteiger partial charge in [-0.05, 0) is 50.4 Å². The quantitative estimate of drug-likeness (QED) is 0.867. The van der Waals surface area contributed by atoms with E-state index in [1.54, 1.807) is 7.11 Å². The second-order valence-electron chi connectivity index (χ2n) is 5.72. The fourth-order valence-electron chi connectivity index (χ4n) is 2.63. The van der Waals surface area contributed by atoms with Gasteiger partial charge in [0.1, 0.15) is 0 Å². The molecule has 1 aliphatic heterocycles. The van der Waals surface area contributed by atoms with Crippen molar-refractivity contribution in [3.8, 4) is 11.5 Å². The van der Waals surface area contributed by atoms with Crippen LogP contribution in [0.3, 0.4) is 0 Å². The summed E-state index contributed by atoms with van der Waals surface area (Å²) >= 11 is 0. The molecule has 0 spiro atoms. The van der Waals surface area contributed by atoms with Gasteiger partial charge < -0.3 is 14.6 Å². The maximum Gasteiger partial charge on any atom is 0.161 e. The summed E-state index contributed by atoms with van der Waals surface area (Å²) in [6, 6.07) is 6.12. The van der Waals surface area contributed by atoms with Crippen molar-refractivity contribution in [3.63, 3.8) is 0 Å². The zero-order valence-electron chi connectivity index (χ0n) is 12.6. The smallest absolute Gasteiger partial charge is 0.161 e. The van der Waals surface area contributed by atoms with Crippen LogP contribution in [0.25, 0.3) is 0 Å². The van der Waals surface area contributed by atoms with Crippen LogP contribution in [0.1, 0.15) is 25.8 Å². The fourth-order valence-corrected chi connectivity index (χ4v) is 2.63. The first-order chi connectivity index (χ1) is 9.62. The molecule has 0 aromatic heterocycles. The van der Waals surface area contributed by atoms with Crippen LogP contribution in [0.4, 0.5) is 0 Å². The Morgan fingerprint density at radius 2 is 2.15 bits per heavy atom. The third kappa shape index (κ3) is 3.87. The summed E-state index contributed by atoms with van der Waals surface area (Å²) in [6.07, 6.45) is 1.22. The minimum Gasteiger partial charge on any atom is -0.493 e. The van der Waals surface area contributed by atoms with Crippen molar-refractivity contribution >= 4 is 0 Å². The number of methoxy groups -OCH3 is 1. The zero-order valence-corrected chi connectivity index (χ0v) is 12.6. The predicted molar refractivity (Wildman–Crippen MR) is 79.2 cm³/mol. The largest absolute Gasteiger partial charge is 0.493 e. The lowest BCUT2D eigenvalue weighted by atomic mass is 10.1. The number of hydrogen-bond acceptors (Lipinski definition) is 4. The lowest BCUT2D eigenvalue weighted by Crippen LogP contribution is -2.21. The highest BCUT2D eigenvalue weighted by Crippen LogP contribution is 2.30. The number of ether oxygens (including phenoxy) is 2. The molecule has 2 rings (SSSR count). The Labute approximate surface area is 121 Å². The summed E-state index contributed by atoms with van der Waals surface area (Å²) in [5.41, 5.74) is 1.22. The average Bonchev–Trinajstić information content (AvgIpc) is 2.87. The van der Waals surface area contributed by atoms with E-state index in [4.69, 9.17) is 9.47 Å². The van der Waals surface area contributed by atoms with Crippen molar-refractivity contribution in [1.82, 2.24) is 4.90 Å². The summed E-state index contributed by atoms with van der Waals surface area (Å²) in [7, 11) is 1.67. The molecule has 1 unspecified atom stereocenters. The molecule has 4 nitrogen and oxygen atoms in total. The Kier molecular flexibility index (Phi) is 5.26. The van der Waals surface area contributed by atoms with Gasteiger partial charge in [-0.15, -0.1) is 0 Å². The molecule has 1 aliphatic rings. The van der Waals surface area contributed by atoms with Crippen LogP contribution >= 0.6 is 0 Å². The maximum atomic E-state index is 9.19. The van der Waals surface area contributed by atoms with E-state index in [2.05, 4.69) is 11.0 Å². The van der Waals surface area contributed by atoms with E-state index in [0.717, 1.165) is 37.6 Å². The van der Waals surface area contributed by atoms with Crippen molar-refractivity contribution < 1.29 is 14.6 Å². The first kappa shape index (κ1) is 15.1. The first-order valence-electron chi connectivity index (χ1n) is 7.29. The fraction of sp³-hybridized carbons (Fsp3) is 0.625. The number of aliphatic hydroxyl groups excluding tert-OH is 1. The van der Waals surface area contributed by atoms with E-state index >= 15 is 0 Å². The number of aliphatic hydroxyl groups is 1. The lowest BCUT2D eigenvalue weighted by molar-refractivity contribution is 0.219. The minimum absolute atomic E-state index is 0.138. The average molecular weight is 279 g/mol. The summed E-state index contributed by atoms with van der Waals surface area (Å²) in [4.78, 5) is 2.37. The van der Waals surface area contributed by atoms with E-state index < -0.39 is 0 Å². The zero-order chi connectivity index (χ0) is 14.5. The maximum absolute atomic E-state index is 9.19. The molecule has 1 saturated heterocycles. The van der Waals surface area contributed by atoms with Crippen molar-refractivity contribution in [2.75, 3.05) is 26.8 Å². The minimum atomic E-state index is 0.138. The number of hydrogen-bond donors (Lipinski definition) is 1. The van der Waals surface area contributed by atoms with Gasteiger partial charge in [0.15, 0.2) is 11.5 Å². The van der Waals surface area contributed by atoms with Crippen molar-refractivity contribution in [2.45, 2.75) is 32.9 Å². The molecule has 0 bridgehead atoms. The van der Waals surface area contributed by atoms with Crippen LogP contribution in [0.2, 0.25) is 0 Å². The van der Waals surface area contributed by atoms with Gasteiger partial charge >= 0.3 is 0 Å².